The molecule has 0 bridgehead atoms. The van der Waals surface area contributed by atoms with Crippen LogP contribution in [0.1, 0.15) is 16.9 Å². The number of hydrogen-bond donors (Lipinski definition) is 0. The van der Waals surface area contributed by atoms with E-state index in [1.807, 2.05) is 4.90 Å². The standard InChI is InChI=1S/C13H20N4O2/c1-19-10-9-16-5-2-6-17(8-7-16)13(18)12-11-14-3-4-15-12/h3-4,11H,2,5-10H2,1H3. The summed E-state index contributed by atoms with van der Waals surface area (Å²) in [5.41, 5.74) is 0.424. The van der Waals surface area contributed by atoms with Gasteiger partial charge in [-0.25, -0.2) is 4.98 Å². The van der Waals surface area contributed by atoms with Crippen molar-refractivity contribution in [3.8, 4) is 0 Å². The summed E-state index contributed by atoms with van der Waals surface area (Å²) in [4.78, 5) is 24.4. The lowest BCUT2D eigenvalue weighted by atomic mass is 10.3. The number of nitrogens with zero attached hydrogens (tertiary/aromatic N) is 4. The first-order valence-electron chi connectivity index (χ1n) is 6.58. The topological polar surface area (TPSA) is 58.6 Å². The Labute approximate surface area is 113 Å². The summed E-state index contributed by atoms with van der Waals surface area (Å²) in [6, 6.07) is 0. The molecule has 0 atom stereocenters. The van der Waals surface area contributed by atoms with Gasteiger partial charge in [0.05, 0.1) is 12.8 Å². The number of carbonyl (C=O) groups excluding carboxylic acids is 1. The van der Waals surface area contributed by atoms with Gasteiger partial charge in [-0.05, 0) is 13.0 Å². The number of ether oxygens (including phenoxy) is 1. The molecule has 6 heteroatoms. The summed E-state index contributed by atoms with van der Waals surface area (Å²) in [7, 11) is 1.71. The fourth-order valence-corrected chi connectivity index (χ4v) is 2.19. The van der Waals surface area contributed by atoms with Crippen LogP contribution >= 0.6 is 0 Å². The number of amides is 1. The van der Waals surface area contributed by atoms with Crippen molar-refractivity contribution < 1.29 is 9.53 Å². The molecule has 0 saturated carbocycles. The van der Waals surface area contributed by atoms with E-state index in [1.54, 1.807) is 19.5 Å². The highest BCUT2D eigenvalue weighted by Crippen LogP contribution is 2.06. The van der Waals surface area contributed by atoms with E-state index < -0.39 is 0 Å². The maximum absolute atomic E-state index is 12.3. The monoisotopic (exact) mass is 264 g/mol. The summed E-state index contributed by atoms with van der Waals surface area (Å²) in [5.74, 6) is -0.0262. The van der Waals surface area contributed by atoms with E-state index >= 15 is 0 Å². The molecular formula is C13H20N4O2. The molecule has 0 aromatic carbocycles. The third-order valence-corrected chi connectivity index (χ3v) is 3.27. The Kier molecular flexibility index (Phi) is 5.23. The normalized spacial score (nSPS) is 17.2. The van der Waals surface area contributed by atoms with E-state index in [4.69, 9.17) is 4.74 Å². The van der Waals surface area contributed by atoms with Crippen molar-refractivity contribution >= 4 is 5.91 Å². The Morgan fingerprint density at radius 3 is 2.95 bits per heavy atom. The Morgan fingerprint density at radius 2 is 2.21 bits per heavy atom. The Balaban J connectivity index is 1.90. The third-order valence-electron chi connectivity index (χ3n) is 3.27. The molecule has 19 heavy (non-hydrogen) atoms. The van der Waals surface area contributed by atoms with Gasteiger partial charge >= 0.3 is 0 Å². The largest absolute Gasteiger partial charge is 0.383 e. The second-order valence-electron chi connectivity index (χ2n) is 4.57. The van der Waals surface area contributed by atoms with Gasteiger partial charge in [-0.2, -0.15) is 0 Å². The number of aromatic nitrogens is 2. The van der Waals surface area contributed by atoms with Crippen molar-refractivity contribution in [2.45, 2.75) is 6.42 Å². The van der Waals surface area contributed by atoms with Crippen LogP contribution in [-0.4, -0.2) is 72.1 Å². The molecule has 0 radical (unpaired) electrons. The van der Waals surface area contributed by atoms with Crippen LogP contribution in [-0.2, 0) is 4.74 Å². The molecule has 1 amide bonds. The minimum absolute atomic E-state index is 0.0262. The molecule has 104 valence electrons. The molecule has 0 unspecified atom stereocenters. The SMILES string of the molecule is COCCN1CCCN(C(=O)c2cnccn2)CC1. The van der Waals surface area contributed by atoms with E-state index in [0.717, 1.165) is 45.8 Å². The molecule has 1 aliphatic heterocycles. The maximum Gasteiger partial charge on any atom is 0.274 e. The molecular weight excluding hydrogens is 244 g/mol. The zero-order valence-electron chi connectivity index (χ0n) is 11.3. The van der Waals surface area contributed by atoms with Crippen LogP contribution < -0.4 is 0 Å². The first kappa shape index (κ1) is 13.9. The van der Waals surface area contributed by atoms with E-state index in [2.05, 4.69) is 14.9 Å². The molecule has 1 saturated heterocycles. The molecule has 1 aromatic heterocycles. The summed E-state index contributed by atoms with van der Waals surface area (Å²) < 4.78 is 5.09. The number of carbonyl (C=O) groups is 1. The highest BCUT2D eigenvalue weighted by molar-refractivity contribution is 5.91. The highest BCUT2D eigenvalue weighted by Gasteiger charge is 2.20. The van der Waals surface area contributed by atoms with E-state index in [-0.39, 0.29) is 5.91 Å². The molecule has 0 aliphatic carbocycles. The molecule has 0 N–H and O–H groups in total. The summed E-state index contributed by atoms with van der Waals surface area (Å²) in [5, 5.41) is 0. The van der Waals surface area contributed by atoms with Gasteiger partial charge in [0.15, 0.2) is 0 Å². The molecule has 1 aliphatic rings. The Hall–Kier alpha value is -1.53. The van der Waals surface area contributed by atoms with Crippen molar-refractivity contribution in [1.82, 2.24) is 19.8 Å². The molecule has 1 aromatic rings. The molecule has 1 fully saturated rings. The number of rotatable bonds is 4. The van der Waals surface area contributed by atoms with E-state index in [9.17, 15) is 4.79 Å². The van der Waals surface area contributed by atoms with Crippen LogP contribution in [0.4, 0.5) is 0 Å². The third kappa shape index (κ3) is 3.97. The van der Waals surface area contributed by atoms with Gasteiger partial charge in [0, 0.05) is 45.7 Å². The lowest BCUT2D eigenvalue weighted by molar-refractivity contribution is 0.0753. The molecule has 2 rings (SSSR count). The number of methoxy groups -OCH3 is 1. The van der Waals surface area contributed by atoms with Crippen molar-refractivity contribution in [3.63, 3.8) is 0 Å². The quantitative estimate of drug-likeness (QED) is 0.781. The van der Waals surface area contributed by atoms with Gasteiger partial charge < -0.3 is 9.64 Å². The summed E-state index contributed by atoms with van der Waals surface area (Å²) >= 11 is 0. The van der Waals surface area contributed by atoms with Crippen LogP contribution in [0.2, 0.25) is 0 Å². The van der Waals surface area contributed by atoms with Gasteiger partial charge in [0.25, 0.3) is 5.91 Å². The zero-order valence-corrected chi connectivity index (χ0v) is 11.3. The van der Waals surface area contributed by atoms with Crippen molar-refractivity contribution in [3.05, 3.63) is 24.3 Å². The van der Waals surface area contributed by atoms with Crippen LogP contribution in [0.3, 0.4) is 0 Å². The fourth-order valence-electron chi connectivity index (χ4n) is 2.19. The maximum atomic E-state index is 12.3. The smallest absolute Gasteiger partial charge is 0.274 e. The van der Waals surface area contributed by atoms with E-state index in [1.165, 1.54) is 6.20 Å². The van der Waals surface area contributed by atoms with Crippen molar-refractivity contribution in [2.24, 2.45) is 0 Å². The first-order valence-corrected chi connectivity index (χ1v) is 6.58. The minimum Gasteiger partial charge on any atom is -0.383 e. The lowest BCUT2D eigenvalue weighted by Gasteiger charge is -2.21. The molecule has 0 spiro atoms. The van der Waals surface area contributed by atoms with Gasteiger partial charge in [0.2, 0.25) is 0 Å². The lowest BCUT2D eigenvalue weighted by Crippen LogP contribution is -2.36. The summed E-state index contributed by atoms with van der Waals surface area (Å²) in [6.45, 7) is 5.06. The van der Waals surface area contributed by atoms with Gasteiger partial charge in [0.1, 0.15) is 5.69 Å². The van der Waals surface area contributed by atoms with Crippen LogP contribution in [0.25, 0.3) is 0 Å². The molecule has 2 heterocycles. The second kappa shape index (κ2) is 7.16. The van der Waals surface area contributed by atoms with Gasteiger partial charge in [-0.3, -0.25) is 14.7 Å². The predicted molar refractivity (Wildman–Crippen MR) is 70.9 cm³/mol. The van der Waals surface area contributed by atoms with Crippen molar-refractivity contribution in [1.29, 1.82) is 0 Å². The minimum atomic E-state index is -0.0262. The van der Waals surface area contributed by atoms with E-state index in [0.29, 0.717) is 5.69 Å². The van der Waals surface area contributed by atoms with Crippen LogP contribution in [0, 0.1) is 0 Å². The Bertz CT molecular complexity index is 399. The first-order chi connectivity index (χ1) is 9.31. The molecule has 6 nitrogen and oxygen atoms in total. The van der Waals surface area contributed by atoms with Crippen LogP contribution in [0.15, 0.2) is 18.6 Å². The van der Waals surface area contributed by atoms with Gasteiger partial charge in [-0.15, -0.1) is 0 Å². The van der Waals surface area contributed by atoms with Crippen LogP contribution in [0.5, 0.6) is 0 Å². The predicted octanol–water partition coefficient (Wildman–Crippen LogP) is 0.271. The second-order valence-corrected chi connectivity index (χ2v) is 4.57. The fraction of sp³-hybridized carbons (Fsp3) is 0.615. The average Bonchev–Trinajstić information content (AvgIpc) is 2.71. The Morgan fingerprint density at radius 1 is 1.32 bits per heavy atom. The van der Waals surface area contributed by atoms with Gasteiger partial charge in [-0.1, -0.05) is 0 Å². The highest BCUT2D eigenvalue weighted by atomic mass is 16.5. The number of hydrogen-bond acceptors (Lipinski definition) is 5. The summed E-state index contributed by atoms with van der Waals surface area (Å²) in [6.07, 6.45) is 5.63. The zero-order chi connectivity index (χ0) is 13.5. The average molecular weight is 264 g/mol. The van der Waals surface area contributed by atoms with Crippen molar-refractivity contribution in [2.75, 3.05) is 46.4 Å².